The highest BCUT2D eigenvalue weighted by Gasteiger charge is 2.34. The first-order valence-corrected chi connectivity index (χ1v) is 9.08. The van der Waals surface area contributed by atoms with Crippen molar-refractivity contribution in [2.75, 3.05) is 30.8 Å². The van der Waals surface area contributed by atoms with Crippen LogP contribution in [0.25, 0.3) is 0 Å². The third-order valence-electron chi connectivity index (χ3n) is 4.40. The number of hydrogen-bond acceptors (Lipinski definition) is 6. The number of Topliss-reactive ketones (excluding diaryl/α,β-unsaturated/α-hetero) is 1. The maximum absolute atomic E-state index is 12.8. The molecule has 2 heterocycles. The van der Waals surface area contributed by atoms with Gasteiger partial charge in [0.05, 0.1) is 12.3 Å². The Morgan fingerprint density at radius 1 is 1.25 bits per heavy atom. The Labute approximate surface area is 170 Å². The molecule has 1 aliphatic rings. The fourth-order valence-electron chi connectivity index (χ4n) is 2.84. The number of nitrogens with zero attached hydrogens (tertiary/aromatic N) is 1. The van der Waals surface area contributed by atoms with Crippen molar-refractivity contribution >= 4 is 35.5 Å². The Morgan fingerprint density at radius 2 is 2.00 bits per heavy atom. The SMILES string of the molecule is CCCOc1ccc2c(n1)C(=O)C(C(=O)NCc1ccc(NC)cc1)CN2.Cl. The monoisotopic (exact) mass is 404 g/mol. The van der Waals surface area contributed by atoms with E-state index in [9.17, 15) is 9.59 Å². The molecule has 1 unspecified atom stereocenters. The van der Waals surface area contributed by atoms with Crippen molar-refractivity contribution in [1.29, 1.82) is 0 Å². The van der Waals surface area contributed by atoms with E-state index >= 15 is 0 Å². The van der Waals surface area contributed by atoms with Gasteiger partial charge >= 0.3 is 0 Å². The first kappa shape index (κ1) is 21.5. The number of halogens is 1. The van der Waals surface area contributed by atoms with Crippen LogP contribution in [0.4, 0.5) is 11.4 Å². The molecule has 0 bridgehead atoms. The lowest BCUT2D eigenvalue weighted by Gasteiger charge is -2.24. The van der Waals surface area contributed by atoms with Crippen molar-refractivity contribution in [2.24, 2.45) is 5.92 Å². The van der Waals surface area contributed by atoms with Gasteiger partial charge in [0.2, 0.25) is 11.8 Å². The van der Waals surface area contributed by atoms with Crippen LogP contribution < -0.4 is 20.7 Å². The molecule has 1 aromatic heterocycles. The highest BCUT2D eigenvalue weighted by atomic mass is 35.5. The third-order valence-corrected chi connectivity index (χ3v) is 4.40. The molecule has 3 N–H and O–H groups in total. The average Bonchev–Trinajstić information content (AvgIpc) is 2.71. The molecule has 7 nitrogen and oxygen atoms in total. The molecular weight excluding hydrogens is 380 g/mol. The lowest BCUT2D eigenvalue weighted by molar-refractivity contribution is -0.123. The van der Waals surface area contributed by atoms with Crippen molar-refractivity contribution in [3.8, 4) is 5.88 Å². The molecule has 0 fully saturated rings. The minimum absolute atomic E-state index is 0. The van der Waals surface area contributed by atoms with Gasteiger partial charge in [-0.15, -0.1) is 12.4 Å². The van der Waals surface area contributed by atoms with Crippen molar-refractivity contribution in [3.05, 3.63) is 47.7 Å². The molecule has 1 aromatic carbocycles. The van der Waals surface area contributed by atoms with Gasteiger partial charge in [0.15, 0.2) is 5.78 Å². The molecule has 0 spiro atoms. The van der Waals surface area contributed by atoms with E-state index in [1.165, 1.54) is 0 Å². The van der Waals surface area contributed by atoms with Gasteiger partial charge in [-0.3, -0.25) is 9.59 Å². The standard InChI is InChI=1S/C20H24N4O3.ClH/c1-3-10-27-17-9-8-16-18(24-17)19(25)15(12-22-16)20(26)23-11-13-4-6-14(21-2)7-5-13;/h4-9,15,21-22H,3,10-12H2,1-2H3,(H,23,26);1H. The lowest BCUT2D eigenvalue weighted by atomic mass is 9.95. The summed E-state index contributed by atoms with van der Waals surface area (Å²) in [5, 5.41) is 9.00. The van der Waals surface area contributed by atoms with Crippen LogP contribution in [-0.4, -0.2) is 36.9 Å². The van der Waals surface area contributed by atoms with Gasteiger partial charge in [0, 0.05) is 31.9 Å². The fraction of sp³-hybridized carbons (Fsp3) is 0.350. The molecule has 1 atom stereocenters. The number of carbonyl (C=O) groups excluding carboxylic acids is 2. The summed E-state index contributed by atoms with van der Waals surface area (Å²) in [5.41, 5.74) is 2.86. The van der Waals surface area contributed by atoms with Crippen LogP contribution in [0, 0.1) is 5.92 Å². The van der Waals surface area contributed by atoms with E-state index in [0.29, 0.717) is 24.7 Å². The van der Waals surface area contributed by atoms with Crippen molar-refractivity contribution in [3.63, 3.8) is 0 Å². The van der Waals surface area contributed by atoms with E-state index in [1.807, 2.05) is 38.2 Å². The first-order valence-electron chi connectivity index (χ1n) is 9.08. The van der Waals surface area contributed by atoms with Crippen LogP contribution in [0.15, 0.2) is 36.4 Å². The Hall–Kier alpha value is -2.80. The summed E-state index contributed by atoms with van der Waals surface area (Å²) in [6.45, 7) is 3.15. The quantitative estimate of drug-likeness (QED) is 0.614. The van der Waals surface area contributed by atoms with Gasteiger partial charge in [-0.05, 0) is 30.2 Å². The Kier molecular flexibility index (Phi) is 7.63. The van der Waals surface area contributed by atoms with Crippen LogP contribution in [0.1, 0.15) is 29.4 Å². The molecule has 3 rings (SSSR count). The zero-order valence-electron chi connectivity index (χ0n) is 16.0. The Balaban J connectivity index is 0.00000280. The average molecular weight is 405 g/mol. The van der Waals surface area contributed by atoms with E-state index in [4.69, 9.17) is 4.74 Å². The van der Waals surface area contributed by atoms with Gasteiger partial charge in [-0.1, -0.05) is 19.1 Å². The van der Waals surface area contributed by atoms with Crippen LogP contribution in [0.3, 0.4) is 0 Å². The minimum Gasteiger partial charge on any atom is -0.478 e. The number of carbonyl (C=O) groups is 2. The molecule has 0 saturated heterocycles. The molecule has 8 heteroatoms. The minimum atomic E-state index is -0.803. The highest BCUT2D eigenvalue weighted by molar-refractivity contribution is 6.13. The number of amides is 1. The number of hydrogen-bond donors (Lipinski definition) is 3. The summed E-state index contributed by atoms with van der Waals surface area (Å²) in [4.78, 5) is 29.6. The third kappa shape index (κ3) is 4.92. The molecule has 0 aliphatic carbocycles. The normalized spacial score (nSPS) is 14.9. The summed E-state index contributed by atoms with van der Waals surface area (Å²) >= 11 is 0. The van der Waals surface area contributed by atoms with Gasteiger partial charge in [-0.25, -0.2) is 4.98 Å². The van der Waals surface area contributed by atoms with Crippen LogP contribution in [-0.2, 0) is 11.3 Å². The predicted octanol–water partition coefficient (Wildman–Crippen LogP) is 2.87. The summed E-state index contributed by atoms with van der Waals surface area (Å²) in [6, 6.07) is 11.2. The Bertz CT molecular complexity index is 827. The van der Waals surface area contributed by atoms with E-state index in [1.54, 1.807) is 12.1 Å². The van der Waals surface area contributed by atoms with E-state index in [-0.39, 0.29) is 36.3 Å². The maximum Gasteiger partial charge on any atom is 0.233 e. The number of fused-ring (bicyclic) bond motifs is 1. The Morgan fingerprint density at radius 3 is 2.68 bits per heavy atom. The number of rotatable bonds is 7. The molecule has 150 valence electrons. The lowest BCUT2D eigenvalue weighted by Crippen LogP contribution is -2.42. The van der Waals surface area contributed by atoms with E-state index in [0.717, 1.165) is 17.7 Å². The molecule has 0 radical (unpaired) electrons. The number of nitrogens with one attached hydrogen (secondary N) is 3. The van der Waals surface area contributed by atoms with Crippen molar-refractivity contribution in [1.82, 2.24) is 10.3 Å². The molecule has 2 aromatic rings. The van der Waals surface area contributed by atoms with Crippen molar-refractivity contribution < 1.29 is 14.3 Å². The second-order valence-corrected chi connectivity index (χ2v) is 6.36. The molecule has 0 saturated carbocycles. The number of ether oxygens (including phenoxy) is 1. The predicted molar refractivity (Wildman–Crippen MR) is 111 cm³/mol. The van der Waals surface area contributed by atoms with Gasteiger partial charge in [-0.2, -0.15) is 0 Å². The maximum atomic E-state index is 12.8. The number of aromatic nitrogens is 1. The van der Waals surface area contributed by atoms with Gasteiger partial charge < -0.3 is 20.7 Å². The molecule has 1 aliphatic heterocycles. The number of ketones is 1. The van der Waals surface area contributed by atoms with Crippen molar-refractivity contribution in [2.45, 2.75) is 19.9 Å². The second-order valence-electron chi connectivity index (χ2n) is 6.36. The number of pyridine rings is 1. The smallest absolute Gasteiger partial charge is 0.233 e. The largest absolute Gasteiger partial charge is 0.478 e. The molecular formula is C20H25ClN4O3. The second kappa shape index (κ2) is 9.94. The summed E-state index contributed by atoms with van der Waals surface area (Å²) in [6.07, 6.45) is 0.852. The van der Waals surface area contributed by atoms with Gasteiger partial charge in [0.1, 0.15) is 11.6 Å². The van der Waals surface area contributed by atoms with Crippen LogP contribution >= 0.6 is 12.4 Å². The van der Waals surface area contributed by atoms with Crippen LogP contribution in [0.2, 0.25) is 0 Å². The van der Waals surface area contributed by atoms with Crippen LogP contribution in [0.5, 0.6) is 5.88 Å². The number of anilines is 2. The van der Waals surface area contributed by atoms with E-state index in [2.05, 4.69) is 20.9 Å². The zero-order valence-corrected chi connectivity index (χ0v) is 16.8. The summed E-state index contributed by atoms with van der Waals surface area (Å²) < 4.78 is 5.49. The number of benzene rings is 1. The van der Waals surface area contributed by atoms with Gasteiger partial charge in [0.25, 0.3) is 0 Å². The zero-order chi connectivity index (χ0) is 19.2. The first-order chi connectivity index (χ1) is 13.1. The summed E-state index contributed by atoms with van der Waals surface area (Å²) in [7, 11) is 1.85. The molecule has 28 heavy (non-hydrogen) atoms. The highest BCUT2D eigenvalue weighted by Crippen LogP contribution is 2.26. The summed E-state index contributed by atoms with van der Waals surface area (Å²) in [5.74, 6) is -0.995. The topological polar surface area (TPSA) is 92.3 Å². The van der Waals surface area contributed by atoms with E-state index < -0.39 is 5.92 Å². The fourth-order valence-corrected chi connectivity index (χ4v) is 2.84. The molecule has 1 amide bonds.